The molecule has 0 bridgehead atoms. The van der Waals surface area contributed by atoms with Gasteiger partial charge in [0.05, 0.1) is 42.6 Å². The lowest BCUT2D eigenvalue weighted by Crippen LogP contribution is -2.53. The highest BCUT2D eigenvalue weighted by atomic mass is 16.7. The van der Waals surface area contributed by atoms with Crippen LogP contribution in [0.25, 0.3) is 0 Å². The number of rotatable bonds is 7. The van der Waals surface area contributed by atoms with Crippen LogP contribution < -0.4 is 10.1 Å². The molecule has 5 rings (SSSR count). The molecule has 0 radical (unpaired) electrons. The molecule has 2 aromatic rings. The minimum Gasteiger partial charge on any atom is -0.507 e. The van der Waals surface area contributed by atoms with E-state index in [0.717, 1.165) is 0 Å². The number of fused-ring (bicyclic) bond motifs is 3. The number of Topliss-reactive ketones (excluding diaryl/α,β-unsaturated/α-hetero) is 1. The summed E-state index contributed by atoms with van der Waals surface area (Å²) in [6.07, 6.45) is -2.70. The summed E-state index contributed by atoms with van der Waals surface area (Å²) >= 11 is 0. The van der Waals surface area contributed by atoms with Gasteiger partial charge in [0.1, 0.15) is 29.5 Å². The molecule has 12 nitrogen and oxygen atoms in total. The zero-order valence-corrected chi connectivity index (χ0v) is 22.8. The van der Waals surface area contributed by atoms with Crippen LogP contribution >= 0.6 is 0 Å². The van der Waals surface area contributed by atoms with E-state index in [0.29, 0.717) is 0 Å². The number of benzene rings is 2. The molecule has 0 amide bonds. The van der Waals surface area contributed by atoms with E-state index in [-0.39, 0.29) is 53.5 Å². The van der Waals surface area contributed by atoms with Gasteiger partial charge in [-0.1, -0.05) is 12.1 Å². The summed E-state index contributed by atoms with van der Waals surface area (Å²) in [7, 11) is 3.03. The predicted molar refractivity (Wildman–Crippen MR) is 141 cm³/mol. The SMILES string of the molecule is CN[C@H]1C[C@H](OC[C@H]2C[C@](O)(C(=O)CO)Cc3c(O)c4c(c(O)c32)C(=O)c2c(OC)cccc2C4=O)O[C@@H](C)[C@@H]1O. The van der Waals surface area contributed by atoms with Crippen molar-refractivity contribution in [3.05, 3.63) is 51.6 Å². The summed E-state index contributed by atoms with van der Waals surface area (Å²) in [6.45, 7) is 0.475. The van der Waals surface area contributed by atoms with Crippen molar-refractivity contribution in [3.63, 3.8) is 0 Å². The van der Waals surface area contributed by atoms with Gasteiger partial charge in [0.15, 0.2) is 17.9 Å². The zero-order chi connectivity index (χ0) is 29.8. The number of aliphatic hydroxyl groups excluding tert-OH is 2. The Balaban J connectivity index is 1.61. The standard InChI is InChI=1S/C29H33NO11/c1-12-24(33)16(30-2)7-19(41-12)40-11-13-8-29(38,18(32)10-31)9-15-20(13)27(36)23-22(26(15)35)25(34)14-5-4-6-17(39-3)21(14)28(23)37/h4-6,12-13,16,19,24,30-31,33,35-36,38H,7-11H2,1-3H3/t12-,13+,16-,19+,24-,29+/m0/s1. The topological polar surface area (TPSA) is 192 Å². The van der Waals surface area contributed by atoms with Crippen molar-refractivity contribution < 1.29 is 54.1 Å². The molecular formula is C29H33NO11. The summed E-state index contributed by atoms with van der Waals surface area (Å²) in [5.41, 5.74) is -3.14. The van der Waals surface area contributed by atoms with Gasteiger partial charge in [-0.05, 0) is 26.5 Å². The van der Waals surface area contributed by atoms with E-state index in [2.05, 4.69) is 5.32 Å². The molecule has 220 valence electrons. The number of carbonyl (C=O) groups is 3. The average Bonchev–Trinajstić information content (AvgIpc) is 2.96. The number of hydrogen-bond donors (Lipinski definition) is 6. The van der Waals surface area contributed by atoms with E-state index in [1.165, 1.54) is 25.3 Å². The van der Waals surface area contributed by atoms with Crippen LogP contribution in [-0.2, 0) is 20.7 Å². The zero-order valence-electron chi connectivity index (χ0n) is 22.8. The van der Waals surface area contributed by atoms with Crippen molar-refractivity contribution in [1.82, 2.24) is 5.32 Å². The molecule has 0 aromatic heterocycles. The quantitative estimate of drug-likeness (QED) is 0.213. The number of nitrogens with one attached hydrogen (secondary N) is 1. The molecule has 1 saturated heterocycles. The highest BCUT2D eigenvalue weighted by Crippen LogP contribution is 2.52. The average molecular weight is 572 g/mol. The fraction of sp³-hybridized carbons (Fsp3) is 0.483. The van der Waals surface area contributed by atoms with Gasteiger partial charge in [0.25, 0.3) is 0 Å². The van der Waals surface area contributed by atoms with Gasteiger partial charge in [-0.25, -0.2) is 0 Å². The van der Waals surface area contributed by atoms with Gasteiger partial charge in [-0.2, -0.15) is 0 Å². The molecule has 6 atom stereocenters. The van der Waals surface area contributed by atoms with Gasteiger partial charge in [0, 0.05) is 41.5 Å². The second kappa shape index (κ2) is 10.8. The summed E-state index contributed by atoms with van der Waals surface area (Å²) in [5, 5.41) is 57.1. The van der Waals surface area contributed by atoms with Crippen molar-refractivity contribution in [2.45, 2.75) is 62.2 Å². The molecule has 12 heteroatoms. The summed E-state index contributed by atoms with van der Waals surface area (Å²) in [5.74, 6) is -4.44. The molecule has 0 spiro atoms. The van der Waals surface area contributed by atoms with Gasteiger partial charge in [-0.3, -0.25) is 14.4 Å². The van der Waals surface area contributed by atoms with E-state index in [9.17, 15) is 39.9 Å². The molecule has 2 aromatic carbocycles. The number of phenolic OH excluding ortho intramolecular Hbond substituents is 2. The van der Waals surface area contributed by atoms with E-state index in [4.69, 9.17) is 14.2 Å². The van der Waals surface area contributed by atoms with Crippen LogP contribution in [0.1, 0.15) is 68.7 Å². The third-order valence-corrected chi connectivity index (χ3v) is 8.45. The van der Waals surface area contributed by atoms with Gasteiger partial charge >= 0.3 is 0 Å². The first-order valence-corrected chi connectivity index (χ1v) is 13.3. The number of ether oxygens (including phenoxy) is 3. The number of likely N-dealkylation sites (N-methyl/N-ethyl adjacent to an activating group) is 1. The Morgan fingerprint density at radius 1 is 1.15 bits per heavy atom. The highest BCUT2D eigenvalue weighted by Gasteiger charge is 2.49. The first-order valence-electron chi connectivity index (χ1n) is 13.3. The summed E-state index contributed by atoms with van der Waals surface area (Å²) in [4.78, 5) is 39.9. The molecular weight excluding hydrogens is 538 g/mol. The van der Waals surface area contributed by atoms with Gasteiger partial charge in [0.2, 0.25) is 5.78 Å². The van der Waals surface area contributed by atoms with Gasteiger partial charge < -0.3 is 45.1 Å². The lowest BCUT2D eigenvalue weighted by Gasteiger charge is -2.41. The van der Waals surface area contributed by atoms with Crippen molar-refractivity contribution in [1.29, 1.82) is 0 Å². The minimum atomic E-state index is -2.15. The lowest BCUT2D eigenvalue weighted by molar-refractivity contribution is -0.227. The number of carbonyl (C=O) groups excluding carboxylic acids is 3. The Labute approximate surface area is 235 Å². The summed E-state index contributed by atoms with van der Waals surface area (Å²) < 4.78 is 17.0. The number of hydrogen-bond acceptors (Lipinski definition) is 12. The Bertz CT molecular complexity index is 1420. The minimum absolute atomic E-state index is 0.0290. The molecule has 1 aliphatic heterocycles. The molecule has 41 heavy (non-hydrogen) atoms. The second-order valence-corrected chi connectivity index (χ2v) is 10.8. The van der Waals surface area contributed by atoms with Gasteiger partial charge in [-0.15, -0.1) is 0 Å². The first kappa shape index (κ1) is 29.1. The van der Waals surface area contributed by atoms with Crippen LogP contribution in [-0.4, -0.2) is 100 Å². The first-order chi connectivity index (χ1) is 19.5. The number of methoxy groups -OCH3 is 1. The maximum absolute atomic E-state index is 13.7. The van der Waals surface area contributed by atoms with Crippen LogP contribution in [0.4, 0.5) is 0 Å². The molecule has 1 heterocycles. The van der Waals surface area contributed by atoms with Crippen LogP contribution in [0.3, 0.4) is 0 Å². The van der Waals surface area contributed by atoms with Crippen LogP contribution in [0.5, 0.6) is 17.2 Å². The third kappa shape index (κ3) is 4.60. The highest BCUT2D eigenvalue weighted by molar-refractivity contribution is 6.31. The molecule has 6 N–H and O–H groups in total. The fourth-order valence-electron chi connectivity index (χ4n) is 6.28. The Hall–Kier alpha value is -3.39. The largest absolute Gasteiger partial charge is 0.507 e. The number of aliphatic hydroxyl groups is 3. The molecule has 0 saturated carbocycles. The van der Waals surface area contributed by atoms with Crippen molar-refractivity contribution in [2.24, 2.45) is 0 Å². The molecule has 3 aliphatic rings. The molecule has 1 fully saturated rings. The Morgan fingerprint density at radius 2 is 1.85 bits per heavy atom. The predicted octanol–water partition coefficient (Wildman–Crippen LogP) is 0.305. The normalized spacial score (nSPS) is 29.0. The van der Waals surface area contributed by atoms with Crippen molar-refractivity contribution in [3.8, 4) is 17.2 Å². The van der Waals surface area contributed by atoms with E-state index in [1.807, 2.05) is 0 Å². The second-order valence-electron chi connectivity index (χ2n) is 10.8. The van der Waals surface area contributed by atoms with Crippen molar-refractivity contribution in [2.75, 3.05) is 27.4 Å². The number of ketones is 3. The molecule has 2 aliphatic carbocycles. The van der Waals surface area contributed by atoms with E-state index in [1.54, 1.807) is 14.0 Å². The third-order valence-electron chi connectivity index (χ3n) is 8.45. The maximum atomic E-state index is 13.7. The monoisotopic (exact) mass is 571 g/mol. The number of aromatic hydroxyl groups is 2. The lowest BCUT2D eigenvalue weighted by atomic mass is 9.69. The summed E-state index contributed by atoms with van der Waals surface area (Å²) in [6, 6.07) is 4.08. The van der Waals surface area contributed by atoms with E-state index < -0.39 is 83.0 Å². The fourth-order valence-corrected chi connectivity index (χ4v) is 6.28. The van der Waals surface area contributed by atoms with E-state index >= 15 is 0 Å². The Morgan fingerprint density at radius 3 is 2.51 bits per heavy atom. The van der Waals surface area contributed by atoms with Crippen LogP contribution in [0.15, 0.2) is 18.2 Å². The number of phenols is 2. The Kier molecular flexibility index (Phi) is 7.66. The van der Waals surface area contributed by atoms with Crippen LogP contribution in [0, 0.1) is 0 Å². The smallest absolute Gasteiger partial charge is 0.202 e. The maximum Gasteiger partial charge on any atom is 0.202 e. The van der Waals surface area contributed by atoms with Crippen molar-refractivity contribution >= 4 is 17.3 Å². The van der Waals surface area contributed by atoms with Crippen LogP contribution in [0.2, 0.25) is 0 Å². The molecule has 0 unspecified atom stereocenters.